The molecule has 2 rings (SSSR count). The fourth-order valence-electron chi connectivity index (χ4n) is 2.66. The fraction of sp³-hybridized carbons (Fsp3) is 0.529. The van der Waals surface area contributed by atoms with Gasteiger partial charge in [0.15, 0.2) is 5.96 Å². The van der Waals surface area contributed by atoms with Gasteiger partial charge in [0.1, 0.15) is 5.82 Å². The van der Waals surface area contributed by atoms with Gasteiger partial charge in [0.05, 0.1) is 6.61 Å². The summed E-state index contributed by atoms with van der Waals surface area (Å²) in [7, 11) is 1.73. The zero-order valence-corrected chi connectivity index (χ0v) is 17.0. The highest BCUT2D eigenvalue weighted by molar-refractivity contribution is 14.0. The Labute approximate surface area is 165 Å². The molecule has 1 amide bonds. The average Bonchev–Trinajstić information content (AvgIpc) is 2.61. The largest absolute Gasteiger partial charge is 0.450 e. The Hall–Kier alpha value is -1.58. The molecular weight excluding hydrogens is 438 g/mol. The maximum absolute atomic E-state index is 13.6. The van der Waals surface area contributed by atoms with Crippen LogP contribution in [0.15, 0.2) is 29.3 Å². The first kappa shape index (κ1) is 21.5. The number of nitrogens with zero attached hydrogens (tertiary/aromatic N) is 3. The van der Waals surface area contributed by atoms with Gasteiger partial charge in [-0.2, -0.15) is 0 Å². The minimum Gasteiger partial charge on any atom is -0.450 e. The molecule has 1 heterocycles. The van der Waals surface area contributed by atoms with Crippen molar-refractivity contribution in [2.75, 3.05) is 46.4 Å². The van der Waals surface area contributed by atoms with Crippen molar-refractivity contribution in [3.63, 3.8) is 0 Å². The summed E-state index contributed by atoms with van der Waals surface area (Å²) >= 11 is 0. The maximum Gasteiger partial charge on any atom is 0.409 e. The Bertz CT molecular complexity index is 578. The van der Waals surface area contributed by atoms with Crippen molar-refractivity contribution in [3.05, 3.63) is 35.6 Å². The molecule has 1 aliphatic rings. The summed E-state index contributed by atoms with van der Waals surface area (Å²) in [6.07, 6.45) is 0.328. The molecule has 1 saturated heterocycles. The van der Waals surface area contributed by atoms with Crippen LogP contribution in [0.4, 0.5) is 9.18 Å². The number of guanidine groups is 1. The second-order valence-electron chi connectivity index (χ2n) is 5.49. The predicted octanol–water partition coefficient (Wildman–Crippen LogP) is 2.34. The first-order chi connectivity index (χ1) is 11.7. The van der Waals surface area contributed by atoms with Crippen LogP contribution in [-0.4, -0.2) is 68.2 Å². The van der Waals surface area contributed by atoms with E-state index in [1.807, 2.05) is 6.07 Å². The molecule has 0 unspecified atom stereocenters. The summed E-state index contributed by atoms with van der Waals surface area (Å²) in [5.41, 5.74) is 0.688. The number of piperazine rings is 1. The molecule has 1 N–H and O–H groups in total. The van der Waals surface area contributed by atoms with Crippen LogP contribution in [0.1, 0.15) is 12.5 Å². The molecule has 0 bridgehead atoms. The summed E-state index contributed by atoms with van der Waals surface area (Å²) in [5.74, 6) is 0.590. The van der Waals surface area contributed by atoms with E-state index in [-0.39, 0.29) is 35.9 Å². The van der Waals surface area contributed by atoms with E-state index < -0.39 is 0 Å². The molecule has 0 aliphatic carbocycles. The highest BCUT2D eigenvalue weighted by atomic mass is 127. The lowest BCUT2D eigenvalue weighted by Gasteiger charge is -2.35. The molecule has 1 aliphatic heterocycles. The molecule has 1 fully saturated rings. The van der Waals surface area contributed by atoms with Gasteiger partial charge in [-0.15, -0.1) is 24.0 Å². The number of carbonyl (C=O) groups is 1. The minimum absolute atomic E-state index is 0. The molecule has 0 spiro atoms. The van der Waals surface area contributed by atoms with Crippen LogP contribution in [0.25, 0.3) is 0 Å². The summed E-state index contributed by atoms with van der Waals surface area (Å²) in [6, 6.07) is 6.78. The van der Waals surface area contributed by atoms with Crippen molar-refractivity contribution in [2.24, 2.45) is 4.99 Å². The van der Waals surface area contributed by atoms with Crippen LogP contribution in [0.2, 0.25) is 0 Å². The van der Waals surface area contributed by atoms with Gasteiger partial charge in [-0.05, 0) is 25.0 Å². The van der Waals surface area contributed by atoms with Gasteiger partial charge in [0.25, 0.3) is 0 Å². The number of rotatable bonds is 4. The molecule has 0 saturated carbocycles. The van der Waals surface area contributed by atoms with E-state index >= 15 is 0 Å². The number of halogens is 2. The Kier molecular flexibility index (Phi) is 9.54. The first-order valence-electron chi connectivity index (χ1n) is 8.26. The third-order valence-electron chi connectivity index (χ3n) is 3.95. The Balaban J connectivity index is 0.00000312. The van der Waals surface area contributed by atoms with E-state index in [1.165, 1.54) is 6.07 Å². The normalized spacial score (nSPS) is 14.8. The van der Waals surface area contributed by atoms with Gasteiger partial charge in [-0.1, -0.05) is 18.2 Å². The van der Waals surface area contributed by atoms with Gasteiger partial charge in [0.2, 0.25) is 0 Å². The number of hydrogen-bond acceptors (Lipinski definition) is 3. The lowest BCUT2D eigenvalue weighted by atomic mass is 10.1. The highest BCUT2D eigenvalue weighted by Gasteiger charge is 2.23. The first-order valence-corrected chi connectivity index (χ1v) is 8.26. The predicted molar refractivity (Wildman–Crippen MR) is 107 cm³/mol. The quantitative estimate of drug-likeness (QED) is 0.423. The highest BCUT2D eigenvalue weighted by Crippen LogP contribution is 2.07. The van der Waals surface area contributed by atoms with Crippen LogP contribution in [0, 0.1) is 5.82 Å². The Morgan fingerprint density at radius 1 is 1.24 bits per heavy atom. The Morgan fingerprint density at radius 2 is 1.88 bits per heavy atom. The van der Waals surface area contributed by atoms with Crippen molar-refractivity contribution >= 4 is 36.0 Å². The standard InChI is InChI=1S/C17H25FN4O2.HI/c1-3-24-17(23)22-12-10-21(11-13-22)16(19-2)20-9-8-14-6-4-5-7-15(14)18;/h4-7H,3,8-13H2,1-2H3,(H,19,20);1H. The second-order valence-corrected chi connectivity index (χ2v) is 5.49. The van der Waals surface area contributed by atoms with Crippen LogP contribution in [0.3, 0.4) is 0 Å². The van der Waals surface area contributed by atoms with Crippen molar-refractivity contribution in [1.82, 2.24) is 15.1 Å². The molecule has 140 valence electrons. The van der Waals surface area contributed by atoms with Crippen LogP contribution >= 0.6 is 24.0 Å². The maximum atomic E-state index is 13.6. The Morgan fingerprint density at radius 3 is 2.48 bits per heavy atom. The number of ether oxygens (including phenoxy) is 1. The van der Waals surface area contributed by atoms with Crippen molar-refractivity contribution < 1.29 is 13.9 Å². The monoisotopic (exact) mass is 464 g/mol. The third kappa shape index (κ3) is 6.33. The molecule has 1 aromatic carbocycles. The van der Waals surface area contributed by atoms with E-state index in [0.29, 0.717) is 51.3 Å². The number of carbonyl (C=O) groups excluding carboxylic acids is 1. The number of nitrogens with one attached hydrogen (secondary N) is 1. The smallest absolute Gasteiger partial charge is 0.409 e. The zero-order valence-electron chi connectivity index (χ0n) is 14.7. The van der Waals surface area contributed by atoms with Gasteiger partial charge in [-0.25, -0.2) is 9.18 Å². The average molecular weight is 464 g/mol. The molecule has 0 aromatic heterocycles. The van der Waals surface area contributed by atoms with Crippen LogP contribution < -0.4 is 5.32 Å². The van der Waals surface area contributed by atoms with Crippen LogP contribution in [-0.2, 0) is 11.2 Å². The topological polar surface area (TPSA) is 57.2 Å². The van der Waals surface area contributed by atoms with E-state index in [2.05, 4.69) is 15.2 Å². The number of benzene rings is 1. The van der Waals surface area contributed by atoms with Gasteiger partial charge < -0.3 is 19.9 Å². The second kappa shape index (κ2) is 11.1. The fourth-order valence-corrected chi connectivity index (χ4v) is 2.66. The van der Waals surface area contributed by atoms with Crippen LogP contribution in [0.5, 0.6) is 0 Å². The van der Waals surface area contributed by atoms with Crippen molar-refractivity contribution in [1.29, 1.82) is 0 Å². The van der Waals surface area contributed by atoms with Gasteiger partial charge in [-0.3, -0.25) is 4.99 Å². The van der Waals surface area contributed by atoms with E-state index in [0.717, 1.165) is 5.96 Å². The zero-order chi connectivity index (χ0) is 17.4. The lowest BCUT2D eigenvalue weighted by molar-refractivity contribution is 0.0915. The molecular formula is C17H26FIN4O2. The minimum atomic E-state index is -0.264. The summed E-state index contributed by atoms with van der Waals surface area (Å²) < 4.78 is 18.6. The van der Waals surface area contributed by atoms with Gasteiger partial charge in [0, 0.05) is 39.8 Å². The summed E-state index contributed by atoms with van der Waals surface area (Å²) in [5, 5.41) is 3.26. The molecule has 8 heteroatoms. The van der Waals surface area contributed by atoms with E-state index in [4.69, 9.17) is 4.74 Å². The van der Waals surface area contributed by atoms with Crippen molar-refractivity contribution in [3.8, 4) is 0 Å². The molecule has 0 atom stereocenters. The summed E-state index contributed by atoms with van der Waals surface area (Å²) in [6.45, 7) is 5.38. The molecule has 0 radical (unpaired) electrons. The SMILES string of the molecule is CCOC(=O)N1CCN(C(=NC)NCCc2ccccc2F)CC1.I. The van der Waals surface area contributed by atoms with Gasteiger partial charge >= 0.3 is 6.09 Å². The van der Waals surface area contributed by atoms with E-state index in [1.54, 1.807) is 31.0 Å². The number of aliphatic imine (C=N–C) groups is 1. The number of amides is 1. The lowest BCUT2D eigenvalue weighted by Crippen LogP contribution is -2.54. The summed E-state index contributed by atoms with van der Waals surface area (Å²) in [4.78, 5) is 19.8. The van der Waals surface area contributed by atoms with E-state index in [9.17, 15) is 9.18 Å². The molecule has 25 heavy (non-hydrogen) atoms. The molecule has 1 aromatic rings. The van der Waals surface area contributed by atoms with Crippen molar-refractivity contribution in [2.45, 2.75) is 13.3 Å². The third-order valence-corrected chi connectivity index (χ3v) is 3.95. The molecule has 6 nitrogen and oxygen atoms in total. The number of hydrogen-bond donors (Lipinski definition) is 1.